The average Bonchev–Trinajstić information content (AvgIpc) is 1.95. The molecule has 0 fully saturated rings. The third-order valence-corrected chi connectivity index (χ3v) is 1.88. The van der Waals surface area contributed by atoms with Gasteiger partial charge in [0.1, 0.15) is 4.60 Å². The fourth-order valence-corrected chi connectivity index (χ4v) is 1.18. The lowest BCUT2D eigenvalue weighted by atomic mass is 10.2. The van der Waals surface area contributed by atoms with Crippen molar-refractivity contribution in [3.63, 3.8) is 0 Å². The van der Waals surface area contributed by atoms with Crippen LogP contribution in [0.4, 0.5) is 0 Å². The lowest BCUT2D eigenvalue weighted by molar-refractivity contribution is 1.11. The van der Waals surface area contributed by atoms with Gasteiger partial charge in [0.25, 0.3) is 0 Å². The van der Waals surface area contributed by atoms with E-state index in [1.54, 1.807) is 0 Å². The largest absolute Gasteiger partial charge is 0.249 e. The van der Waals surface area contributed by atoms with Gasteiger partial charge in [-0.1, -0.05) is 6.07 Å². The molecule has 1 aromatic rings. The number of hydrogen-bond acceptors (Lipinski definition) is 2. The summed E-state index contributed by atoms with van der Waals surface area (Å²) in [6.45, 7) is 0. The minimum Gasteiger partial charge on any atom is -0.249 e. The maximum absolute atomic E-state index is 4.12. The maximum atomic E-state index is 4.12. The van der Waals surface area contributed by atoms with Gasteiger partial charge in [-0.15, -0.1) is 0 Å². The van der Waals surface area contributed by atoms with Crippen molar-refractivity contribution in [1.82, 2.24) is 4.98 Å². The normalized spacial score (nSPS) is 9.80. The lowest BCUT2D eigenvalue weighted by Crippen LogP contribution is -1.86. The standard InChI is InChI=1S/C7H8BrNS/c8-7-2-1-6(3-4-10)5-9-7/h1-2,5,10H,3-4H2. The van der Waals surface area contributed by atoms with Crippen molar-refractivity contribution < 1.29 is 0 Å². The zero-order valence-electron chi connectivity index (χ0n) is 5.42. The third-order valence-electron chi connectivity index (χ3n) is 1.19. The molecule has 0 saturated heterocycles. The van der Waals surface area contributed by atoms with Crippen molar-refractivity contribution >= 4 is 28.6 Å². The molecule has 1 rings (SSSR count). The highest BCUT2D eigenvalue weighted by molar-refractivity contribution is 9.10. The molecule has 0 aliphatic carbocycles. The number of halogens is 1. The van der Waals surface area contributed by atoms with Crippen LogP contribution in [-0.4, -0.2) is 10.7 Å². The average molecular weight is 218 g/mol. The van der Waals surface area contributed by atoms with Gasteiger partial charge in [0.05, 0.1) is 0 Å². The summed E-state index contributed by atoms with van der Waals surface area (Å²) in [6, 6.07) is 3.99. The van der Waals surface area contributed by atoms with Crippen molar-refractivity contribution in [2.24, 2.45) is 0 Å². The molecule has 0 radical (unpaired) electrons. The van der Waals surface area contributed by atoms with Crippen LogP contribution in [0.1, 0.15) is 5.56 Å². The van der Waals surface area contributed by atoms with E-state index in [0.29, 0.717) is 0 Å². The van der Waals surface area contributed by atoms with E-state index >= 15 is 0 Å². The van der Waals surface area contributed by atoms with Gasteiger partial charge in [-0.3, -0.25) is 0 Å². The van der Waals surface area contributed by atoms with E-state index in [-0.39, 0.29) is 0 Å². The first-order valence-electron chi connectivity index (χ1n) is 3.04. The molecule has 0 amide bonds. The molecule has 0 N–H and O–H groups in total. The highest BCUT2D eigenvalue weighted by atomic mass is 79.9. The first-order valence-corrected chi connectivity index (χ1v) is 4.47. The first-order chi connectivity index (χ1) is 4.83. The molecule has 54 valence electrons. The van der Waals surface area contributed by atoms with Crippen LogP contribution >= 0.6 is 28.6 Å². The van der Waals surface area contributed by atoms with E-state index in [0.717, 1.165) is 16.8 Å². The van der Waals surface area contributed by atoms with Crippen LogP contribution in [0.15, 0.2) is 22.9 Å². The quantitative estimate of drug-likeness (QED) is 0.593. The summed E-state index contributed by atoms with van der Waals surface area (Å²) < 4.78 is 0.885. The summed E-state index contributed by atoms with van der Waals surface area (Å²) in [6.07, 6.45) is 2.85. The second-order valence-corrected chi connectivity index (χ2v) is 3.22. The van der Waals surface area contributed by atoms with Gasteiger partial charge in [-0.25, -0.2) is 4.98 Å². The fraction of sp³-hybridized carbons (Fsp3) is 0.286. The number of hydrogen-bond donors (Lipinski definition) is 1. The molecule has 0 aliphatic rings. The Labute approximate surface area is 74.4 Å². The van der Waals surface area contributed by atoms with Gasteiger partial charge in [-0.05, 0) is 39.7 Å². The Hall–Kier alpha value is -0.0200. The van der Waals surface area contributed by atoms with Crippen molar-refractivity contribution in [1.29, 1.82) is 0 Å². The Morgan fingerprint density at radius 3 is 2.80 bits per heavy atom. The highest BCUT2D eigenvalue weighted by Crippen LogP contribution is 2.06. The molecule has 0 aromatic carbocycles. The molecular formula is C7H8BrNS. The number of thiol groups is 1. The summed E-state index contributed by atoms with van der Waals surface area (Å²) in [5.41, 5.74) is 1.23. The van der Waals surface area contributed by atoms with Crippen LogP contribution in [0.3, 0.4) is 0 Å². The molecule has 0 saturated carbocycles. The molecule has 3 heteroatoms. The van der Waals surface area contributed by atoms with E-state index in [9.17, 15) is 0 Å². The molecule has 0 unspecified atom stereocenters. The second kappa shape index (κ2) is 3.98. The van der Waals surface area contributed by atoms with Crippen LogP contribution in [0.25, 0.3) is 0 Å². The van der Waals surface area contributed by atoms with Crippen LogP contribution in [-0.2, 0) is 6.42 Å². The Balaban J connectivity index is 2.69. The summed E-state index contributed by atoms with van der Waals surface area (Å²) in [7, 11) is 0. The highest BCUT2D eigenvalue weighted by Gasteiger charge is 1.90. The van der Waals surface area contributed by atoms with Crippen molar-refractivity contribution in [3.05, 3.63) is 28.5 Å². The smallest absolute Gasteiger partial charge is 0.106 e. The minimum absolute atomic E-state index is 0.878. The molecule has 0 bridgehead atoms. The lowest BCUT2D eigenvalue weighted by Gasteiger charge is -1.95. The number of nitrogens with zero attached hydrogens (tertiary/aromatic N) is 1. The predicted molar refractivity (Wildman–Crippen MR) is 49.5 cm³/mol. The topological polar surface area (TPSA) is 12.9 Å². The molecule has 1 heterocycles. The number of rotatable bonds is 2. The summed E-state index contributed by atoms with van der Waals surface area (Å²) in [5.74, 6) is 0.878. The number of aryl methyl sites for hydroxylation is 1. The van der Waals surface area contributed by atoms with Crippen molar-refractivity contribution in [3.8, 4) is 0 Å². The summed E-state index contributed by atoms with van der Waals surface area (Å²) >= 11 is 7.38. The van der Waals surface area contributed by atoms with Gasteiger partial charge < -0.3 is 0 Å². The van der Waals surface area contributed by atoms with Gasteiger partial charge >= 0.3 is 0 Å². The molecule has 1 aromatic heterocycles. The van der Waals surface area contributed by atoms with Gasteiger partial charge in [0.2, 0.25) is 0 Å². The first kappa shape index (κ1) is 8.08. The molecule has 0 atom stereocenters. The Morgan fingerprint density at radius 2 is 2.30 bits per heavy atom. The fourth-order valence-electron chi connectivity index (χ4n) is 0.683. The van der Waals surface area contributed by atoms with E-state index in [1.165, 1.54) is 5.56 Å². The van der Waals surface area contributed by atoms with Crippen LogP contribution in [0.2, 0.25) is 0 Å². The Kier molecular flexibility index (Phi) is 3.22. The van der Waals surface area contributed by atoms with E-state index in [2.05, 4.69) is 33.5 Å². The van der Waals surface area contributed by atoms with Crippen molar-refractivity contribution in [2.45, 2.75) is 6.42 Å². The SMILES string of the molecule is SCCc1ccc(Br)nc1. The summed E-state index contributed by atoms with van der Waals surface area (Å²) in [4.78, 5) is 4.08. The molecular weight excluding hydrogens is 210 g/mol. The van der Waals surface area contributed by atoms with E-state index in [4.69, 9.17) is 0 Å². The van der Waals surface area contributed by atoms with Crippen LogP contribution in [0.5, 0.6) is 0 Å². The maximum Gasteiger partial charge on any atom is 0.106 e. The predicted octanol–water partition coefficient (Wildman–Crippen LogP) is 2.32. The van der Waals surface area contributed by atoms with Gasteiger partial charge in [-0.2, -0.15) is 12.6 Å². The Morgan fingerprint density at radius 1 is 1.50 bits per heavy atom. The van der Waals surface area contributed by atoms with Gasteiger partial charge in [0.15, 0.2) is 0 Å². The molecule has 0 spiro atoms. The molecule has 1 nitrogen and oxygen atoms in total. The third kappa shape index (κ3) is 2.31. The number of pyridine rings is 1. The monoisotopic (exact) mass is 217 g/mol. The number of aromatic nitrogens is 1. The van der Waals surface area contributed by atoms with Crippen LogP contribution in [0, 0.1) is 0 Å². The van der Waals surface area contributed by atoms with Crippen molar-refractivity contribution in [2.75, 3.05) is 5.75 Å². The Bertz CT molecular complexity index is 197. The zero-order chi connectivity index (χ0) is 7.40. The summed E-state index contributed by atoms with van der Waals surface area (Å²) in [5, 5.41) is 0. The van der Waals surface area contributed by atoms with Gasteiger partial charge in [0, 0.05) is 6.20 Å². The minimum atomic E-state index is 0.878. The second-order valence-electron chi connectivity index (χ2n) is 1.96. The zero-order valence-corrected chi connectivity index (χ0v) is 7.90. The molecule has 10 heavy (non-hydrogen) atoms. The van der Waals surface area contributed by atoms with E-state index < -0.39 is 0 Å². The van der Waals surface area contributed by atoms with E-state index in [1.807, 2.05) is 18.3 Å². The van der Waals surface area contributed by atoms with Crippen LogP contribution < -0.4 is 0 Å². The molecule has 0 aliphatic heterocycles.